The molecule has 14 heteroatoms. The van der Waals surface area contributed by atoms with Crippen molar-refractivity contribution in [3.63, 3.8) is 0 Å². The van der Waals surface area contributed by atoms with Crippen LogP contribution >= 0.6 is 24.8 Å². The predicted molar refractivity (Wildman–Crippen MR) is 105 cm³/mol. The van der Waals surface area contributed by atoms with E-state index in [1.807, 2.05) is 0 Å². The molecule has 0 aromatic heterocycles. The number of hydrogen-bond acceptors (Lipinski definition) is 8. The number of carboxylic acids is 4. The molecule has 0 bridgehead atoms. The molecular weight excluding hydrogens is 451 g/mol. The maximum atomic E-state index is 10.8. The van der Waals surface area contributed by atoms with E-state index in [1.165, 1.54) is 12.1 Å². The van der Waals surface area contributed by atoms with E-state index in [1.54, 1.807) is 0 Å². The fraction of sp³-hybridized carbons (Fsp3) is 0.375. The number of benzene rings is 1. The first-order valence-electron chi connectivity index (χ1n) is 7.84. The van der Waals surface area contributed by atoms with Crippen LogP contribution in [0.3, 0.4) is 0 Å². The molecule has 0 aliphatic carbocycles. The lowest BCUT2D eigenvalue weighted by Crippen LogP contribution is -2.34. The van der Waals surface area contributed by atoms with Gasteiger partial charge in [0.05, 0.1) is 26.2 Å². The van der Waals surface area contributed by atoms with Crippen LogP contribution in [-0.2, 0) is 32.3 Å². The number of carbonyl (C=O) groups is 4. The van der Waals surface area contributed by atoms with E-state index in [0.717, 1.165) is 9.80 Å². The van der Waals surface area contributed by atoms with Gasteiger partial charge in [-0.3, -0.25) is 29.0 Å². The molecule has 12 nitrogen and oxygen atoms in total. The van der Waals surface area contributed by atoms with Gasteiger partial charge in [0.15, 0.2) is 11.5 Å². The standard InChI is InChI=1S/C16H20N2O10.2ClH/c19-11(20)5-17(6-12(21)22)3-9-1-2-10(16(28)15(9)27)4-18(7-13(23)24)8-14(25)26;;/h1-2,27-28H,3-8H2,(H,19,20)(H,21,22)(H,23,24)(H,25,26);2*1H. The second kappa shape index (κ2) is 13.4. The monoisotopic (exact) mass is 472 g/mol. The molecule has 0 aliphatic heterocycles. The summed E-state index contributed by atoms with van der Waals surface area (Å²) in [6.07, 6.45) is 0. The van der Waals surface area contributed by atoms with Crippen molar-refractivity contribution in [1.29, 1.82) is 0 Å². The lowest BCUT2D eigenvalue weighted by atomic mass is 10.1. The van der Waals surface area contributed by atoms with E-state index in [-0.39, 0.29) is 49.0 Å². The summed E-state index contributed by atoms with van der Waals surface area (Å²) in [5, 5.41) is 55.7. The van der Waals surface area contributed by atoms with Gasteiger partial charge in [-0.2, -0.15) is 0 Å². The van der Waals surface area contributed by atoms with E-state index < -0.39 is 61.6 Å². The molecule has 0 saturated heterocycles. The van der Waals surface area contributed by atoms with Gasteiger partial charge in [-0.1, -0.05) is 12.1 Å². The van der Waals surface area contributed by atoms with Crippen molar-refractivity contribution in [2.75, 3.05) is 26.2 Å². The lowest BCUT2D eigenvalue weighted by molar-refractivity contribution is -0.144. The fourth-order valence-corrected chi connectivity index (χ4v) is 2.50. The SMILES string of the molecule is Cl.Cl.O=C(O)CN(CC(=O)O)Cc1ccc(CN(CC(=O)O)CC(=O)O)c(O)c1O. The van der Waals surface area contributed by atoms with Crippen LogP contribution in [0.1, 0.15) is 11.1 Å². The third kappa shape index (κ3) is 10.1. The first kappa shape index (κ1) is 29.4. The van der Waals surface area contributed by atoms with E-state index in [2.05, 4.69) is 0 Å². The average Bonchev–Trinajstić information content (AvgIpc) is 2.52. The van der Waals surface area contributed by atoms with Gasteiger partial charge in [-0.25, -0.2) is 0 Å². The van der Waals surface area contributed by atoms with Crippen LogP contribution < -0.4 is 0 Å². The highest BCUT2D eigenvalue weighted by molar-refractivity contribution is 5.85. The normalized spacial score (nSPS) is 10.2. The number of rotatable bonds is 12. The Morgan fingerprint density at radius 3 is 1.03 bits per heavy atom. The Bertz CT molecular complexity index is 680. The van der Waals surface area contributed by atoms with Crippen molar-refractivity contribution in [2.45, 2.75) is 13.1 Å². The molecule has 30 heavy (non-hydrogen) atoms. The second-order valence-corrected chi connectivity index (χ2v) is 5.95. The smallest absolute Gasteiger partial charge is 0.317 e. The summed E-state index contributed by atoms with van der Waals surface area (Å²) in [7, 11) is 0. The topological polar surface area (TPSA) is 196 Å². The van der Waals surface area contributed by atoms with Crippen LogP contribution in [0.25, 0.3) is 0 Å². The summed E-state index contributed by atoms with van der Waals surface area (Å²) >= 11 is 0. The van der Waals surface area contributed by atoms with Gasteiger partial charge in [0.25, 0.3) is 0 Å². The first-order chi connectivity index (χ1) is 13.0. The molecule has 0 fully saturated rings. The minimum atomic E-state index is -1.28. The molecule has 0 atom stereocenters. The van der Waals surface area contributed by atoms with Crippen molar-refractivity contribution in [1.82, 2.24) is 9.80 Å². The van der Waals surface area contributed by atoms with Crippen LogP contribution in [0, 0.1) is 0 Å². The van der Waals surface area contributed by atoms with Gasteiger partial charge in [0, 0.05) is 24.2 Å². The molecule has 0 saturated carbocycles. The van der Waals surface area contributed by atoms with E-state index in [4.69, 9.17) is 20.4 Å². The van der Waals surface area contributed by atoms with E-state index >= 15 is 0 Å². The van der Waals surface area contributed by atoms with Crippen molar-refractivity contribution in [3.8, 4) is 11.5 Å². The van der Waals surface area contributed by atoms with Crippen molar-refractivity contribution < 1.29 is 49.8 Å². The second-order valence-electron chi connectivity index (χ2n) is 5.95. The Morgan fingerprint density at radius 1 is 0.600 bits per heavy atom. The fourth-order valence-electron chi connectivity index (χ4n) is 2.50. The number of nitrogens with zero attached hydrogens (tertiary/aromatic N) is 2. The zero-order valence-corrected chi connectivity index (χ0v) is 17.1. The Balaban J connectivity index is 0. The molecular formula is C16H22Cl2N2O10. The van der Waals surface area contributed by atoms with Gasteiger partial charge in [-0.05, 0) is 0 Å². The summed E-state index contributed by atoms with van der Waals surface area (Å²) in [5.74, 6) is -6.38. The zero-order chi connectivity index (χ0) is 21.4. The molecule has 0 heterocycles. The van der Waals surface area contributed by atoms with Crippen LogP contribution in [0.5, 0.6) is 11.5 Å². The molecule has 170 valence electrons. The van der Waals surface area contributed by atoms with Crippen molar-refractivity contribution in [2.24, 2.45) is 0 Å². The minimum Gasteiger partial charge on any atom is -0.504 e. The molecule has 0 amide bonds. The van der Waals surface area contributed by atoms with Gasteiger partial charge < -0.3 is 30.6 Å². The van der Waals surface area contributed by atoms with Crippen LogP contribution in [0.15, 0.2) is 12.1 Å². The Kier molecular flexibility index (Phi) is 13.2. The van der Waals surface area contributed by atoms with Gasteiger partial charge in [0.2, 0.25) is 0 Å². The molecule has 1 aromatic carbocycles. The van der Waals surface area contributed by atoms with Gasteiger partial charge in [-0.15, -0.1) is 24.8 Å². The minimum absolute atomic E-state index is 0. The maximum Gasteiger partial charge on any atom is 0.317 e. The Hall–Kier alpha value is -2.80. The van der Waals surface area contributed by atoms with Crippen molar-refractivity contribution in [3.05, 3.63) is 23.3 Å². The molecule has 1 aromatic rings. The maximum absolute atomic E-state index is 10.8. The van der Waals surface area contributed by atoms with Crippen molar-refractivity contribution >= 4 is 48.7 Å². The zero-order valence-electron chi connectivity index (χ0n) is 15.4. The number of phenolic OH excluding ortho intramolecular Hbond substituents is 2. The quantitative estimate of drug-likeness (QED) is 0.221. The number of phenols is 2. The molecule has 0 aliphatic rings. The highest BCUT2D eigenvalue weighted by Gasteiger charge is 2.21. The van der Waals surface area contributed by atoms with Crippen LogP contribution in [0.4, 0.5) is 0 Å². The van der Waals surface area contributed by atoms with Gasteiger partial charge in [0.1, 0.15) is 0 Å². The largest absolute Gasteiger partial charge is 0.504 e. The third-order valence-corrected chi connectivity index (χ3v) is 3.54. The summed E-state index contributed by atoms with van der Waals surface area (Å²) in [4.78, 5) is 45.4. The lowest BCUT2D eigenvalue weighted by Gasteiger charge is -2.21. The molecule has 0 radical (unpaired) electrons. The number of halogens is 2. The summed E-state index contributed by atoms with van der Waals surface area (Å²) in [6, 6.07) is 2.61. The number of carboxylic acid groups (broad SMARTS) is 4. The first-order valence-corrected chi connectivity index (χ1v) is 7.84. The summed E-state index contributed by atoms with van der Waals surface area (Å²) < 4.78 is 0. The summed E-state index contributed by atoms with van der Waals surface area (Å²) in [6.45, 7) is -3.02. The van der Waals surface area contributed by atoms with E-state index in [9.17, 15) is 29.4 Å². The predicted octanol–water partition coefficient (Wildman–Crippen LogP) is -0.116. The van der Waals surface area contributed by atoms with Crippen LogP contribution in [-0.4, -0.2) is 90.5 Å². The molecule has 0 spiro atoms. The third-order valence-electron chi connectivity index (χ3n) is 3.54. The number of hydrogen-bond donors (Lipinski definition) is 6. The highest BCUT2D eigenvalue weighted by Crippen LogP contribution is 2.34. The Morgan fingerprint density at radius 2 is 0.833 bits per heavy atom. The Labute approximate surface area is 182 Å². The van der Waals surface area contributed by atoms with E-state index in [0.29, 0.717) is 0 Å². The van der Waals surface area contributed by atoms with Crippen LogP contribution in [0.2, 0.25) is 0 Å². The number of aromatic hydroxyl groups is 2. The van der Waals surface area contributed by atoms with Gasteiger partial charge >= 0.3 is 23.9 Å². The number of aliphatic carboxylic acids is 4. The molecule has 6 N–H and O–H groups in total. The molecule has 0 unspecified atom stereocenters. The summed E-state index contributed by atoms with van der Waals surface area (Å²) in [5.41, 5.74) is 0.0959. The average molecular weight is 473 g/mol. The highest BCUT2D eigenvalue weighted by atomic mass is 35.5. The molecule has 1 rings (SSSR count).